The minimum absolute atomic E-state index is 0.00275. The minimum Gasteiger partial charge on any atom is -0.437 e. The summed E-state index contributed by atoms with van der Waals surface area (Å²) in [5.41, 5.74) is 1.76. The molecule has 49 heavy (non-hydrogen) atoms. The van der Waals surface area contributed by atoms with Crippen LogP contribution < -0.4 is 20.2 Å². The van der Waals surface area contributed by atoms with Crippen LogP contribution in [0, 0.1) is 17.8 Å². The topological polar surface area (TPSA) is 146 Å². The number of pyridine rings is 2. The zero-order valence-corrected chi connectivity index (χ0v) is 27.9. The number of nitrogens with one attached hydrogen (secondary N) is 2. The fraction of sp³-hybridized carbons (Fsp3) is 0.405. The highest BCUT2D eigenvalue weighted by atomic mass is 32.2. The van der Waals surface area contributed by atoms with Crippen molar-refractivity contribution in [3.63, 3.8) is 0 Å². The maximum atomic E-state index is 13.9. The Hall–Kier alpha value is -4.55. The number of amides is 1. The summed E-state index contributed by atoms with van der Waals surface area (Å²) < 4.78 is 41.0. The van der Waals surface area contributed by atoms with E-state index in [1.54, 1.807) is 47.2 Å². The van der Waals surface area contributed by atoms with Gasteiger partial charge in [-0.25, -0.2) is 22.9 Å². The summed E-state index contributed by atoms with van der Waals surface area (Å²) in [6.07, 6.45) is 6.63. The Bertz CT molecular complexity index is 2100. The second kappa shape index (κ2) is 12.1. The van der Waals surface area contributed by atoms with E-state index in [-0.39, 0.29) is 57.9 Å². The lowest BCUT2D eigenvalue weighted by atomic mass is 9.51. The Morgan fingerprint density at radius 2 is 1.67 bits per heavy atom. The molecule has 5 fully saturated rings. The van der Waals surface area contributed by atoms with E-state index in [0.29, 0.717) is 28.2 Å². The average molecular weight is 683 g/mol. The van der Waals surface area contributed by atoms with Crippen LogP contribution in [0.25, 0.3) is 16.7 Å². The predicted molar refractivity (Wildman–Crippen MR) is 182 cm³/mol. The molecule has 0 unspecified atom stereocenters. The molecule has 2 aromatic heterocycles. The Morgan fingerprint density at radius 3 is 2.35 bits per heavy atom. The van der Waals surface area contributed by atoms with Crippen LogP contribution in [0.4, 0.5) is 4.79 Å². The largest absolute Gasteiger partial charge is 0.514 e. The maximum Gasteiger partial charge on any atom is 0.514 e. The first-order valence-corrected chi connectivity index (χ1v) is 18.4. The van der Waals surface area contributed by atoms with E-state index in [1.165, 1.54) is 7.11 Å². The third kappa shape index (κ3) is 5.90. The molecule has 0 radical (unpaired) electrons. The first-order valence-electron chi connectivity index (χ1n) is 16.9. The normalized spacial score (nSPS) is 25.7. The number of carbonyl (C=O) groups excluding carboxylic acids is 2. The Kier molecular flexibility index (Phi) is 7.83. The van der Waals surface area contributed by atoms with Crippen molar-refractivity contribution in [2.75, 3.05) is 7.11 Å². The standard InChI is InChI=1S/C37H38N4O7S/c1-47-36(44)48-35-30(32(42)29-8-5-15-38-33(29)41(35)27-6-3-2-4-7-27)18-22-9-11-24(12-10-22)34(43)39-31-25-16-23-17-26(31)21-37(19-23,20-25)40-49(45,46)28-13-14-28/h2-12,15,23,25-26,28,31,40H,13-14,16-21H2,1H3,(H,39,43)/t23-,25-,26+,31-,37+. The lowest BCUT2D eigenvalue weighted by Crippen LogP contribution is -2.66. The van der Waals surface area contributed by atoms with Gasteiger partial charge in [-0.05, 0) is 105 Å². The highest BCUT2D eigenvalue weighted by molar-refractivity contribution is 7.90. The molecule has 0 spiro atoms. The highest BCUT2D eigenvalue weighted by Gasteiger charge is 2.57. The van der Waals surface area contributed by atoms with Crippen LogP contribution in [0.3, 0.4) is 0 Å². The molecular formula is C37H38N4O7S. The van der Waals surface area contributed by atoms with Crippen LogP contribution in [-0.4, -0.2) is 54.0 Å². The molecule has 2 aromatic carbocycles. The van der Waals surface area contributed by atoms with E-state index in [0.717, 1.165) is 50.5 Å². The van der Waals surface area contributed by atoms with Gasteiger partial charge in [0.1, 0.15) is 0 Å². The second-order valence-electron chi connectivity index (χ2n) is 14.2. The van der Waals surface area contributed by atoms with E-state index in [9.17, 15) is 22.8 Å². The van der Waals surface area contributed by atoms with Crippen LogP contribution in [0.15, 0.2) is 77.7 Å². The molecule has 1 amide bonds. The molecule has 254 valence electrons. The summed E-state index contributed by atoms with van der Waals surface area (Å²) in [6, 6.07) is 19.7. The SMILES string of the molecule is COC(=O)Oc1c(Cc2ccc(C(=O)N[C@@H]3[C@@H]4C[C@@H]5C[C@H]3C[C@](NS(=O)(=O)C3CC3)(C5)C4)cc2)c(=O)c2cccnc2n1-c1ccccc1. The van der Waals surface area contributed by atoms with E-state index in [4.69, 9.17) is 9.47 Å². The second-order valence-corrected chi connectivity index (χ2v) is 16.1. The minimum atomic E-state index is -3.29. The first kappa shape index (κ1) is 31.7. The smallest absolute Gasteiger partial charge is 0.437 e. The number of aromatic nitrogens is 2. The summed E-state index contributed by atoms with van der Waals surface area (Å²) in [7, 11) is -2.09. The van der Waals surface area contributed by atoms with Crippen molar-refractivity contribution in [1.82, 2.24) is 19.6 Å². The number of benzene rings is 2. The highest BCUT2D eigenvalue weighted by Crippen LogP contribution is 2.56. The molecule has 2 N–H and O–H groups in total. The third-order valence-electron chi connectivity index (χ3n) is 10.8. The van der Waals surface area contributed by atoms with Gasteiger partial charge < -0.3 is 14.8 Å². The van der Waals surface area contributed by atoms with Crippen molar-refractivity contribution >= 4 is 33.1 Å². The molecule has 0 aliphatic heterocycles. The van der Waals surface area contributed by atoms with Crippen molar-refractivity contribution in [2.24, 2.45) is 17.8 Å². The molecule has 5 aliphatic rings. The van der Waals surface area contributed by atoms with Gasteiger partial charge in [-0.15, -0.1) is 0 Å². The lowest BCUT2D eigenvalue weighted by molar-refractivity contribution is -0.0348. The first-order chi connectivity index (χ1) is 23.6. The lowest BCUT2D eigenvalue weighted by Gasteiger charge is -2.60. The van der Waals surface area contributed by atoms with Crippen LogP contribution in [0.5, 0.6) is 5.88 Å². The molecule has 12 heteroatoms. The van der Waals surface area contributed by atoms with Gasteiger partial charge in [-0.3, -0.25) is 14.2 Å². The van der Waals surface area contributed by atoms with Gasteiger partial charge in [-0.1, -0.05) is 30.3 Å². The van der Waals surface area contributed by atoms with E-state index >= 15 is 0 Å². The van der Waals surface area contributed by atoms with Crippen molar-refractivity contribution in [3.05, 3.63) is 99.8 Å². The van der Waals surface area contributed by atoms with Crippen molar-refractivity contribution < 1.29 is 27.5 Å². The van der Waals surface area contributed by atoms with Crippen LogP contribution >= 0.6 is 0 Å². The number of para-hydroxylation sites is 1. The fourth-order valence-corrected chi connectivity index (χ4v) is 10.6. The summed E-state index contributed by atoms with van der Waals surface area (Å²) in [5.74, 6) is 0.791. The van der Waals surface area contributed by atoms with E-state index in [2.05, 4.69) is 15.0 Å². The molecule has 4 aromatic rings. The monoisotopic (exact) mass is 682 g/mol. The van der Waals surface area contributed by atoms with E-state index in [1.807, 2.05) is 30.3 Å². The number of hydrogen-bond donors (Lipinski definition) is 2. The summed E-state index contributed by atoms with van der Waals surface area (Å²) in [4.78, 5) is 44.3. The summed E-state index contributed by atoms with van der Waals surface area (Å²) in [6.45, 7) is 0. The van der Waals surface area contributed by atoms with Crippen molar-refractivity contribution in [1.29, 1.82) is 0 Å². The zero-order valence-electron chi connectivity index (χ0n) is 27.1. The Morgan fingerprint density at radius 1 is 0.959 bits per heavy atom. The van der Waals surface area contributed by atoms with Crippen LogP contribution in [0.2, 0.25) is 0 Å². The van der Waals surface area contributed by atoms with Crippen LogP contribution in [0.1, 0.15) is 66.4 Å². The molecule has 4 bridgehead atoms. The van der Waals surface area contributed by atoms with Gasteiger partial charge in [-0.2, -0.15) is 0 Å². The third-order valence-corrected chi connectivity index (χ3v) is 12.9. The number of carbonyl (C=O) groups is 2. The number of hydrogen-bond acceptors (Lipinski definition) is 8. The molecule has 9 rings (SSSR count). The number of ether oxygens (including phenoxy) is 2. The molecule has 5 aliphatic carbocycles. The van der Waals surface area contributed by atoms with E-state index < -0.39 is 16.2 Å². The van der Waals surface area contributed by atoms with Gasteiger partial charge in [0.15, 0.2) is 11.1 Å². The van der Waals surface area contributed by atoms with Gasteiger partial charge >= 0.3 is 6.16 Å². The Balaban J connectivity index is 1.04. The number of fused-ring (bicyclic) bond motifs is 1. The zero-order chi connectivity index (χ0) is 33.9. The summed E-state index contributed by atoms with van der Waals surface area (Å²) in [5, 5.41) is 3.43. The molecule has 5 atom stereocenters. The number of nitrogens with zero attached hydrogens (tertiary/aromatic N) is 2. The van der Waals surface area contributed by atoms with Gasteiger partial charge in [0.05, 0.1) is 29.0 Å². The predicted octanol–water partition coefficient (Wildman–Crippen LogP) is 4.88. The molecule has 2 heterocycles. The number of sulfonamides is 1. The Labute approximate surface area is 284 Å². The fourth-order valence-electron chi connectivity index (χ4n) is 8.80. The van der Waals surface area contributed by atoms with Crippen molar-refractivity contribution in [3.8, 4) is 11.6 Å². The molecular weight excluding hydrogens is 644 g/mol. The summed E-state index contributed by atoms with van der Waals surface area (Å²) >= 11 is 0. The van der Waals surface area contributed by atoms with Crippen molar-refractivity contribution in [2.45, 2.75) is 68.2 Å². The van der Waals surface area contributed by atoms with Gasteiger partial charge in [0, 0.05) is 29.8 Å². The molecule has 5 saturated carbocycles. The van der Waals surface area contributed by atoms with Crippen LogP contribution in [-0.2, 0) is 21.2 Å². The molecule has 11 nitrogen and oxygen atoms in total. The quantitative estimate of drug-likeness (QED) is 0.238. The number of methoxy groups -OCH3 is 1. The van der Waals surface area contributed by atoms with Gasteiger partial charge in [0.25, 0.3) is 5.91 Å². The average Bonchev–Trinajstić information content (AvgIpc) is 3.95. The van der Waals surface area contributed by atoms with Gasteiger partial charge in [0.2, 0.25) is 15.9 Å². The maximum absolute atomic E-state index is 13.9. The molecule has 0 saturated heterocycles. The number of rotatable bonds is 9.